The fraction of sp³-hybridized carbons (Fsp3) is 0.500. The van der Waals surface area contributed by atoms with Crippen molar-refractivity contribution in [2.24, 2.45) is 0 Å². The summed E-state index contributed by atoms with van der Waals surface area (Å²) in [6.45, 7) is 18.3. The van der Waals surface area contributed by atoms with Gasteiger partial charge in [0.15, 0.2) is 25.0 Å². The zero-order valence-corrected chi connectivity index (χ0v) is 28.9. The molecular formula is C30H44O9Si3. The highest BCUT2D eigenvalue weighted by Crippen LogP contribution is 2.45. The lowest BCUT2D eigenvalue weighted by Crippen LogP contribution is -2.63. The first-order valence-corrected chi connectivity index (χ1v) is 24.5. The van der Waals surface area contributed by atoms with Gasteiger partial charge in [-0.1, -0.05) is 12.1 Å². The fourth-order valence-electron chi connectivity index (χ4n) is 5.25. The number of phenolic OH excluding ortho intramolecular Hbond substituents is 2. The Kier molecular flexibility index (Phi) is 9.32. The highest BCUT2D eigenvalue weighted by molar-refractivity contribution is 6.70. The predicted octanol–water partition coefficient (Wildman–Crippen LogP) is 5.96. The average molecular weight is 633 g/mol. The van der Waals surface area contributed by atoms with Gasteiger partial charge in [0.2, 0.25) is 5.43 Å². The number of phenols is 2. The second-order valence-electron chi connectivity index (χ2n) is 13.8. The Morgan fingerprint density at radius 3 is 1.86 bits per heavy atom. The van der Waals surface area contributed by atoms with E-state index in [0.717, 1.165) is 0 Å². The fourth-order valence-corrected chi connectivity index (χ4v) is 8.51. The molecule has 0 aliphatic carbocycles. The van der Waals surface area contributed by atoms with Gasteiger partial charge >= 0.3 is 0 Å². The van der Waals surface area contributed by atoms with Crippen LogP contribution in [0, 0.1) is 0 Å². The number of hydrogen-bond donors (Lipinski definition) is 3. The SMILES string of the molecule is C[Si](C)(C)O[C@@H]1[C@@H](O[Si](C)(C)C)[C@H](c2c(O)ccc3c(=O)c(-c4ccc(O)cc4)coc23)O[C@H](CO)[C@H]1O[Si](C)(C)C. The maximum absolute atomic E-state index is 13.7. The molecule has 1 aromatic heterocycles. The van der Waals surface area contributed by atoms with E-state index in [4.69, 9.17) is 22.4 Å². The van der Waals surface area contributed by atoms with Crippen molar-refractivity contribution in [3.05, 3.63) is 58.4 Å². The molecule has 9 nitrogen and oxygen atoms in total. The maximum Gasteiger partial charge on any atom is 0.200 e. The molecule has 12 heteroatoms. The Bertz CT molecular complexity index is 1450. The molecule has 1 aliphatic heterocycles. The number of rotatable bonds is 9. The number of aliphatic hydroxyl groups excluding tert-OH is 1. The van der Waals surface area contributed by atoms with Crippen LogP contribution in [0.15, 0.2) is 51.9 Å². The van der Waals surface area contributed by atoms with Crippen LogP contribution in [-0.4, -0.2) is 71.3 Å². The van der Waals surface area contributed by atoms with E-state index in [9.17, 15) is 20.1 Å². The standard InChI is InChI=1S/C30H44O9Si3/c1-40(2,3)37-27-23(16-31)36-28(30(39-42(7,8)9)29(27)38-41(4,5)6)24-22(33)15-14-20-25(34)21(17-35-26(20)24)18-10-12-19(32)13-11-18/h10-15,17,23,27-33H,16H2,1-9H3/t23-,27-,28+,29+,30+/m1/s1. The molecule has 42 heavy (non-hydrogen) atoms. The lowest BCUT2D eigenvalue weighted by atomic mass is 9.89. The van der Waals surface area contributed by atoms with Gasteiger partial charge in [-0.25, -0.2) is 0 Å². The van der Waals surface area contributed by atoms with Crippen molar-refractivity contribution >= 4 is 35.9 Å². The van der Waals surface area contributed by atoms with Gasteiger partial charge in [-0.2, -0.15) is 0 Å². The molecule has 5 atom stereocenters. The van der Waals surface area contributed by atoms with Gasteiger partial charge in [-0.15, -0.1) is 0 Å². The molecule has 1 fully saturated rings. The number of aromatic hydroxyl groups is 2. The molecule has 0 bridgehead atoms. The van der Waals surface area contributed by atoms with Crippen LogP contribution in [0.25, 0.3) is 22.1 Å². The van der Waals surface area contributed by atoms with E-state index in [1.54, 1.807) is 12.1 Å². The summed E-state index contributed by atoms with van der Waals surface area (Å²) in [5.41, 5.74) is 1.04. The van der Waals surface area contributed by atoms with E-state index in [1.165, 1.54) is 30.5 Å². The molecule has 4 rings (SSSR count). The summed E-state index contributed by atoms with van der Waals surface area (Å²) in [6, 6.07) is 9.26. The molecular weight excluding hydrogens is 589 g/mol. The molecule has 1 aliphatic rings. The second-order valence-corrected chi connectivity index (χ2v) is 27.1. The van der Waals surface area contributed by atoms with Crippen LogP contribution in [0.5, 0.6) is 11.5 Å². The van der Waals surface area contributed by atoms with Gasteiger partial charge in [0, 0.05) is 0 Å². The van der Waals surface area contributed by atoms with Crippen LogP contribution in [0.1, 0.15) is 11.7 Å². The summed E-state index contributed by atoms with van der Waals surface area (Å²) in [5, 5.41) is 31.8. The van der Waals surface area contributed by atoms with Crippen LogP contribution >= 0.6 is 0 Å². The van der Waals surface area contributed by atoms with Crippen molar-refractivity contribution in [3.8, 4) is 22.6 Å². The average Bonchev–Trinajstić information content (AvgIpc) is 2.85. The molecule has 1 saturated heterocycles. The summed E-state index contributed by atoms with van der Waals surface area (Å²) >= 11 is 0. The lowest BCUT2D eigenvalue weighted by Gasteiger charge is -2.50. The van der Waals surface area contributed by atoms with Crippen molar-refractivity contribution < 1.29 is 37.8 Å². The Hall–Kier alpha value is -2.30. The molecule has 230 valence electrons. The van der Waals surface area contributed by atoms with E-state index < -0.39 is 55.5 Å². The van der Waals surface area contributed by atoms with Gasteiger partial charge in [0.05, 0.1) is 23.1 Å². The van der Waals surface area contributed by atoms with Crippen molar-refractivity contribution in [1.29, 1.82) is 0 Å². The molecule has 0 amide bonds. The van der Waals surface area contributed by atoms with Crippen LogP contribution in [0.2, 0.25) is 58.9 Å². The maximum atomic E-state index is 13.7. The van der Waals surface area contributed by atoms with Crippen LogP contribution < -0.4 is 5.43 Å². The monoisotopic (exact) mass is 632 g/mol. The Morgan fingerprint density at radius 2 is 1.31 bits per heavy atom. The van der Waals surface area contributed by atoms with Crippen LogP contribution in [-0.2, 0) is 18.0 Å². The van der Waals surface area contributed by atoms with Gasteiger partial charge in [-0.3, -0.25) is 4.79 Å². The van der Waals surface area contributed by atoms with Gasteiger partial charge in [0.25, 0.3) is 0 Å². The molecule has 0 unspecified atom stereocenters. The minimum Gasteiger partial charge on any atom is -0.508 e. The third-order valence-electron chi connectivity index (χ3n) is 6.70. The number of fused-ring (bicyclic) bond motifs is 1. The van der Waals surface area contributed by atoms with E-state index in [1.807, 2.05) is 0 Å². The van der Waals surface area contributed by atoms with Crippen molar-refractivity contribution in [2.45, 2.75) is 89.4 Å². The van der Waals surface area contributed by atoms with E-state index >= 15 is 0 Å². The first-order valence-electron chi connectivity index (χ1n) is 14.2. The Balaban J connectivity index is 1.93. The number of hydrogen-bond acceptors (Lipinski definition) is 9. The normalized spacial score (nSPS) is 23.8. The van der Waals surface area contributed by atoms with E-state index in [0.29, 0.717) is 11.1 Å². The van der Waals surface area contributed by atoms with Crippen molar-refractivity contribution in [3.63, 3.8) is 0 Å². The third-order valence-corrected chi connectivity index (χ3v) is 9.64. The zero-order chi connectivity index (χ0) is 31.2. The molecule has 2 heterocycles. The summed E-state index contributed by atoms with van der Waals surface area (Å²) in [6.07, 6.45) is -2.27. The molecule has 0 spiro atoms. The van der Waals surface area contributed by atoms with Crippen LogP contribution in [0.3, 0.4) is 0 Å². The van der Waals surface area contributed by atoms with E-state index in [2.05, 4.69) is 58.9 Å². The summed E-state index contributed by atoms with van der Waals surface area (Å²) < 4.78 is 32.9. The largest absolute Gasteiger partial charge is 0.508 e. The first-order chi connectivity index (χ1) is 19.4. The smallest absolute Gasteiger partial charge is 0.200 e. The summed E-state index contributed by atoms with van der Waals surface area (Å²) in [7, 11) is -6.59. The summed E-state index contributed by atoms with van der Waals surface area (Å²) in [5.74, 6) is -0.0332. The van der Waals surface area contributed by atoms with Crippen LogP contribution in [0.4, 0.5) is 0 Å². The minimum atomic E-state index is -2.26. The molecule has 0 saturated carbocycles. The summed E-state index contributed by atoms with van der Waals surface area (Å²) in [4.78, 5) is 13.7. The Morgan fingerprint density at radius 1 is 0.762 bits per heavy atom. The molecule has 2 aromatic carbocycles. The number of aliphatic hydroxyl groups is 1. The quantitative estimate of drug-likeness (QED) is 0.245. The minimum absolute atomic E-state index is 0.0870. The Labute approximate surface area is 250 Å². The zero-order valence-electron chi connectivity index (χ0n) is 25.9. The highest BCUT2D eigenvalue weighted by Gasteiger charge is 2.52. The third kappa shape index (κ3) is 7.42. The topological polar surface area (TPSA) is 128 Å². The van der Waals surface area contributed by atoms with Gasteiger partial charge < -0.3 is 37.8 Å². The van der Waals surface area contributed by atoms with Crippen molar-refractivity contribution in [2.75, 3.05) is 6.61 Å². The molecule has 3 N–H and O–H groups in total. The lowest BCUT2D eigenvalue weighted by molar-refractivity contribution is -0.217. The number of ether oxygens (including phenoxy) is 1. The second kappa shape index (κ2) is 12.0. The van der Waals surface area contributed by atoms with Gasteiger partial charge in [0.1, 0.15) is 53.9 Å². The highest BCUT2D eigenvalue weighted by atomic mass is 28.4. The predicted molar refractivity (Wildman–Crippen MR) is 171 cm³/mol. The molecule has 3 aromatic rings. The first kappa shape index (κ1) is 32.6. The van der Waals surface area contributed by atoms with Gasteiger partial charge in [-0.05, 0) is 88.8 Å². The molecule has 0 radical (unpaired) electrons. The van der Waals surface area contributed by atoms with E-state index in [-0.39, 0.29) is 40.1 Å². The number of benzene rings is 2. The van der Waals surface area contributed by atoms with Crippen molar-refractivity contribution in [1.82, 2.24) is 0 Å².